The smallest absolute Gasteiger partial charge is 0.255 e. The molecule has 28 heavy (non-hydrogen) atoms. The lowest BCUT2D eigenvalue weighted by atomic mass is 10.1. The van der Waals surface area contributed by atoms with E-state index in [-0.39, 0.29) is 11.8 Å². The number of methoxy groups -OCH3 is 2. The number of halogens is 1. The second-order valence-electron chi connectivity index (χ2n) is 6.12. The lowest BCUT2D eigenvalue weighted by Gasteiger charge is -2.27. The first-order chi connectivity index (χ1) is 13.5. The summed E-state index contributed by atoms with van der Waals surface area (Å²) in [5, 5.41) is 3.09. The molecule has 0 atom stereocenters. The van der Waals surface area contributed by atoms with Crippen LogP contribution in [-0.4, -0.2) is 57.2 Å². The summed E-state index contributed by atoms with van der Waals surface area (Å²) in [5.41, 5.74) is 1.19. The van der Waals surface area contributed by atoms with Crippen LogP contribution in [-0.2, 0) is 4.74 Å². The van der Waals surface area contributed by atoms with Crippen LogP contribution in [0.15, 0.2) is 36.4 Å². The minimum atomic E-state index is -0.376. The monoisotopic (exact) mass is 404 g/mol. The standard InChI is InChI=1S/C20H21ClN2O5/c1-26-17-6-4-13(12-18(17)27-2)19(24)22-16-11-14(3-5-15(16)21)20(25)23-7-9-28-10-8-23/h3-6,11-12H,7-10H2,1-2H3,(H,22,24). The molecule has 1 fully saturated rings. The molecule has 2 aromatic carbocycles. The average Bonchev–Trinajstić information content (AvgIpc) is 2.74. The Balaban J connectivity index is 1.80. The Morgan fingerprint density at radius 2 is 1.68 bits per heavy atom. The van der Waals surface area contributed by atoms with Crippen molar-refractivity contribution in [1.82, 2.24) is 4.90 Å². The summed E-state index contributed by atoms with van der Waals surface area (Å²) in [6.07, 6.45) is 0. The van der Waals surface area contributed by atoms with Crippen molar-refractivity contribution in [1.29, 1.82) is 0 Å². The molecule has 0 aliphatic carbocycles. The Morgan fingerprint density at radius 1 is 1.00 bits per heavy atom. The summed E-state index contributed by atoms with van der Waals surface area (Å²) >= 11 is 6.22. The highest BCUT2D eigenvalue weighted by Crippen LogP contribution is 2.29. The number of hydrogen-bond acceptors (Lipinski definition) is 5. The van der Waals surface area contributed by atoms with Crippen LogP contribution in [0.25, 0.3) is 0 Å². The number of hydrogen-bond donors (Lipinski definition) is 1. The van der Waals surface area contributed by atoms with Crippen molar-refractivity contribution in [2.24, 2.45) is 0 Å². The average molecular weight is 405 g/mol. The molecular formula is C20H21ClN2O5. The van der Waals surface area contributed by atoms with E-state index in [0.717, 1.165) is 0 Å². The van der Waals surface area contributed by atoms with Crippen molar-refractivity contribution < 1.29 is 23.8 Å². The lowest BCUT2D eigenvalue weighted by Crippen LogP contribution is -2.40. The predicted octanol–water partition coefficient (Wildman–Crippen LogP) is 3.08. The van der Waals surface area contributed by atoms with Gasteiger partial charge in [-0.3, -0.25) is 9.59 Å². The summed E-state index contributed by atoms with van der Waals surface area (Å²) in [4.78, 5) is 27.0. The van der Waals surface area contributed by atoms with Crippen LogP contribution >= 0.6 is 11.6 Å². The van der Waals surface area contributed by atoms with Crippen molar-refractivity contribution >= 4 is 29.1 Å². The van der Waals surface area contributed by atoms with E-state index in [2.05, 4.69) is 5.32 Å². The zero-order valence-electron chi connectivity index (χ0n) is 15.7. The molecule has 1 saturated heterocycles. The van der Waals surface area contributed by atoms with Gasteiger partial charge in [-0.1, -0.05) is 11.6 Å². The number of carbonyl (C=O) groups excluding carboxylic acids is 2. The molecule has 1 aliphatic rings. The van der Waals surface area contributed by atoms with Gasteiger partial charge in [0, 0.05) is 24.2 Å². The first kappa shape index (κ1) is 20.0. The Labute approximate surface area is 168 Å². The molecule has 7 nitrogen and oxygen atoms in total. The molecule has 2 amide bonds. The molecule has 1 N–H and O–H groups in total. The Hall–Kier alpha value is -2.77. The highest BCUT2D eigenvalue weighted by atomic mass is 35.5. The molecule has 3 rings (SSSR count). The van der Waals surface area contributed by atoms with Gasteiger partial charge in [0.1, 0.15) is 0 Å². The zero-order chi connectivity index (χ0) is 20.1. The third kappa shape index (κ3) is 4.37. The number of nitrogens with one attached hydrogen (secondary N) is 1. The number of benzene rings is 2. The minimum absolute atomic E-state index is 0.124. The SMILES string of the molecule is COc1ccc(C(=O)Nc2cc(C(=O)N3CCOCC3)ccc2Cl)cc1OC. The van der Waals surface area contributed by atoms with Gasteiger partial charge in [-0.05, 0) is 36.4 Å². The van der Waals surface area contributed by atoms with Crippen LogP contribution in [0.5, 0.6) is 11.5 Å². The fourth-order valence-corrected chi connectivity index (χ4v) is 3.04. The van der Waals surface area contributed by atoms with E-state index in [1.165, 1.54) is 14.2 Å². The van der Waals surface area contributed by atoms with Gasteiger partial charge in [0.05, 0.1) is 38.1 Å². The van der Waals surface area contributed by atoms with Crippen LogP contribution in [0.4, 0.5) is 5.69 Å². The van der Waals surface area contributed by atoms with Crippen molar-refractivity contribution in [3.8, 4) is 11.5 Å². The molecule has 1 aliphatic heterocycles. The summed E-state index contributed by atoms with van der Waals surface area (Å²) in [6, 6.07) is 9.66. The molecule has 0 aromatic heterocycles. The van der Waals surface area contributed by atoms with Crippen LogP contribution in [0, 0.1) is 0 Å². The number of carbonyl (C=O) groups is 2. The van der Waals surface area contributed by atoms with E-state index in [0.29, 0.717) is 59.6 Å². The maximum Gasteiger partial charge on any atom is 0.255 e. The third-order valence-electron chi connectivity index (χ3n) is 4.41. The maximum atomic E-state index is 12.7. The molecule has 0 unspecified atom stereocenters. The van der Waals surface area contributed by atoms with Gasteiger partial charge in [0.25, 0.3) is 11.8 Å². The maximum absolute atomic E-state index is 12.7. The lowest BCUT2D eigenvalue weighted by molar-refractivity contribution is 0.0303. The normalized spacial score (nSPS) is 13.8. The van der Waals surface area contributed by atoms with Gasteiger partial charge < -0.3 is 24.4 Å². The number of nitrogens with zero attached hydrogens (tertiary/aromatic N) is 1. The summed E-state index contributed by atoms with van der Waals surface area (Å²) in [7, 11) is 3.02. The van der Waals surface area contributed by atoms with Crippen molar-refractivity contribution in [2.45, 2.75) is 0 Å². The van der Waals surface area contributed by atoms with Gasteiger partial charge in [0.15, 0.2) is 11.5 Å². The molecule has 2 aromatic rings. The highest BCUT2D eigenvalue weighted by molar-refractivity contribution is 6.34. The van der Waals surface area contributed by atoms with Crippen LogP contribution in [0.1, 0.15) is 20.7 Å². The van der Waals surface area contributed by atoms with E-state index >= 15 is 0 Å². The molecule has 0 saturated carbocycles. The summed E-state index contributed by atoms with van der Waals surface area (Å²) in [5.74, 6) is 0.466. The minimum Gasteiger partial charge on any atom is -0.493 e. The Bertz CT molecular complexity index is 881. The fourth-order valence-electron chi connectivity index (χ4n) is 2.88. The van der Waals surface area contributed by atoms with E-state index < -0.39 is 0 Å². The number of amides is 2. The summed E-state index contributed by atoms with van der Waals surface area (Å²) < 4.78 is 15.7. The van der Waals surface area contributed by atoms with E-state index in [4.69, 9.17) is 25.8 Å². The highest BCUT2D eigenvalue weighted by Gasteiger charge is 2.20. The zero-order valence-corrected chi connectivity index (χ0v) is 16.4. The number of ether oxygens (including phenoxy) is 3. The molecule has 8 heteroatoms. The van der Waals surface area contributed by atoms with Gasteiger partial charge in [-0.25, -0.2) is 0 Å². The number of anilines is 1. The van der Waals surface area contributed by atoms with Crippen molar-refractivity contribution in [3.05, 3.63) is 52.5 Å². The van der Waals surface area contributed by atoms with E-state index in [9.17, 15) is 9.59 Å². The molecule has 0 bridgehead atoms. The van der Waals surface area contributed by atoms with Gasteiger partial charge in [-0.2, -0.15) is 0 Å². The topological polar surface area (TPSA) is 77.1 Å². The first-order valence-corrected chi connectivity index (χ1v) is 9.11. The Kier molecular flexibility index (Phi) is 6.38. The molecule has 0 spiro atoms. The predicted molar refractivity (Wildman–Crippen MR) is 106 cm³/mol. The Morgan fingerprint density at radius 3 is 2.36 bits per heavy atom. The second-order valence-corrected chi connectivity index (χ2v) is 6.53. The van der Waals surface area contributed by atoms with Gasteiger partial charge in [0.2, 0.25) is 0 Å². The van der Waals surface area contributed by atoms with Crippen LogP contribution in [0.3, 0.4) is 0 Å². The van der Waals surface area contributed by atoms with E-state index in [1.807, 2.05) is 0 Å². The fraction of sp³-hybridized carbons (Fsp3) is 0.300. The second kappa shape index (κ2) is 8.95. The molecule has 1 heterocycles. The number of morpholine rings is 1. The van der Waals surface area contributed by atoms with Gasteiger partial charge in [-0.15, -0.1) is 0 Å². The largest absolute Gasteiger partial charge is 0.493 e. The summed E-state index contributed by atoms with van der Waals surface area (Å²) in [6.45, 7) is 2.11. The number of rotatable bonds is 5. The van der Waals surface area contributed by atoms with Crippen molar-refractivity contribution in [3.63, 3.8) is 0 Å². The quantitative estimate of drug-likeness (QED) is 0.828. The molecular weight excluding hydrogens is 384 g/mol. The van der Waals surface area contributed by atoms with Gasteiger partial charge >= 0.3 is 0 Å². The van der Waals surface area contributed by atoms with Crippen LogP contribution < -0.4 is 14.8 Å². The molecule has 0 radical (unpaired) electrons. The third-order valence-corrected chi connectivity index (χ3v) is 4.74. The first-order valence-electron chi connectivity index (χ1n) is 8.73. The van der Waals surface area contributed by atoms with E-state index in [1.54, 1.807) is 41.3 Å². The van der Waals surface area contributed by atoms with Crippen LogP contribution in [0.2, 0.25) is 5.02 Å². The molecule has 148 valence electrons. The van der Waals surface area contributed by atoms with Crippen molar-refractivity contribution in [2.75, 3.05) is 45.8 Å².